The highest BCUT2D eigenvalue weighted by Gasteiger charge is 2.35. The highest BCUT2D eigenvalue weighted by atomic mass is 15.2. The van der Waals surface area contributed by atoms with Crippen LogP contribution in [0.1, 0.15) is 175 Å². The van der Waals surface area contributed by atoms with Gasteiger partial charge >= 0.3 is 0 Å². The summed E-state index contributed by atoms with van der Waals surface area (Å²) < 4.78 is 1.56. The summed E-state index contributed by atoms with van der Waals surface area (Å²) in [7, 11) is 0. The Balaban J connectivity index is 1.90. The number of hydrogen-bond acceptors (Lipinski definition) is 0. The van der Waals surface area contributed by atoms with Crippen LogP contribution in [-0.4, -0.2) is 4.70 Å². The smallest absolute Gasteiger partial charge is 0.211 e. The van der Waals surface area contributed by atoms with E-state index in [-0.39, 0.29) is 0 Å². The molecule has 1 aliphatic rings. The van der Waals surface area contributed by atoms with Gasteiger partial charge < -0.3 is 5.53 Å². The quantitative estimate of drug-likeness (QED) is 0.107. The largest absolute Gasteiger partial charge is 0.493 e. The fraction of sp³-hybridized carbons (Fsp3) is 0.619. The molecular formula is C42H64N2. The molecule has 0 atom stereocenters. The molecule has 3 rings (SSSR count). The summed E-state index contributed by atoms with van der Waals surface area (Å²) >= 11 is 0. The monoisotopic (exact) mass is 597 g/mol. The minimum absolute atomic E-state index is 0.917. The highest BCUT2D eigenvalue weighted by Crippen LogP contribution is 2.45. The molecule has 0 saturated carbocycles. The van der Waals surface area contributed by atoms with E-state index in [4.69, 9.17) is 0 Å². The van der Waals surface area contributed by atoms with E-state index < -0.39 is 0 Å². The zero-order chi connectivity index (χ0) is 32.1. The van der Waals surface area contributed by atoms with Gasteiger partial charge in [-0.25, -0.2) is 4.70 Å². The topological polar surface area (TPSA) is 25.3 Å². The van der Waals surface area contributed by atoms with Gasteiger partial charge in [0.05, 0.1) is 0 Å². The second kappa shape index (κ2) is 18.5. The van der Waals surface area contributed by atoms with Gasteiger partial charge in [0, 0.05) is 22.3 Å². The van der Waals surface area contributed by atoms with Crippen molar-refractivity contribution in [2.45, 2.75) is 171 Å². The Morgan fingerprint density at radius 3 is 1.20 bits per heavy atom. The zero-order valence-corrected chi connectivity index (χ0v) is 29.9. The Bertz CT molecular complexity index is 1260. The summed E-state index contributed by atoms with van der Waals surface area (Å²) in [5.74, 6) is 0. The van der Waals surface area contributed by atoms with Crippen molar-refractivity contribution in [2.24, 2.45) is 0 Å². The Morgan fingerprint density at radius 2 is 0.818 bits per heavy atom. The summed E-state index contributed by atoms with van der Waals surface area (Å²) in [6.45, 7) is 18.2. The van der Waals surface area contributed by atoms with Crippen molar-refractivity contribution in [3.63, 3.8) is 0 Å². The molecule has 44 heavy (non-hydrogen) atoms. The van der Waals surface area contributed by atoms with Crippen LogP contribution in [0.5, 0.6) is 0 Å². The first-order chi connectivity index (χ1) is 21.3. The van der Waals surface area contributed by atoms with E-state index in [1.165, 1.54) is 122 Å². The fourth-order valence-electron chi connectivity index (χ4n) is 7.46. The van der Waals surface area contributed by atoms with Gasteiger partial charge in [-0.05, 0) is 130 Å². The first kappa shape index (κ1) is 36.0. The van der Waals surface area contributed by atoms with Crippen molar-refractivity contribution in [1.29, 1.82) is 0 Å². The number of rotatable bonds is 20. The number of hydrogen-bond donors (Lipinski definition) is 0. The molecule has 1 aliphatic heterocycles. The fourth-order valence-corrected chi connectivity index (χ4v) is 7.46. The summed E-state index contributed by atoms with van der Waals surface area (Å²) in [4.78, 5) is 0. The van der Waals surface area contributed by atoms with Crippen molar-refractivity contribution < 1.29 is 4.70 Å². The van der Waals surface area contributed by atoms with Crippen molar-refractivity contribution in [2.75, 3.05) is 0 Å². The lowest BCUT2D eigenvalue weighted by atomic mass is 9.90. The van der Waals surface area contributed by atoms with Gasteiger partial charge in [-0.3, -0.25) is 0 Å². The Labute approximate surface area is 271 Å². The summed E-state index contributed by atoms with van der Waals surface area (Å²) in [6.07, 6.45) is 22.4. The number of unbranched alkanes of at least 4 members (excludes halogenated alkanes) is 11. The lowest BCUT2D eigenvalue weighted by Crippen LogP contribution is -2.06. The van der Waals surface area contributed by atoms with Gasteiger partial charge in [-0.2, -0.15) is 0 Å². The molecule has 2 nitrogen and oxygen atoms in total. The van der Waals surface area contributed by atoms with Crippen LogP contribution in [0.4, 0.5) is 0 Å². The van der Waals surface area contributed by atoms with Gasteiger partial charge in [0.15, 0.2) is 0 Å². The molecule has 0 saturated heterocycles. The van der Waals surface area contributed by atoms with Gasteiger partial charge in [0.25, 0.3) is 0 Å². The minimum atomic E-state index is 0.917. The van der Waals surface area contributed by atoms with E-state index in [1.54, 1.807) is 4.70 Å². The van der Waals surface area contributed by atoms with Crippen LogP contribution in [0.2, 0.25) is 0 Å². The molecule has 0 amide bonds. The predicted octanol–water partition coefficient (Wildman–Crippen LogP) is 13.5. The molecule has 0 spiro atoms. The van der Waals surface area contributed by atoms with E-state index in [0.29, 0.717) is 0 Å². The first-order valence-electron chi connectivity index (χ1n) is 18.4. The Hall–Kier alpha value is -2.48. The average Bonchev–Trinajstić information content (AvgIpc) is 3.28. The lowest BCUT2D eigenvalue weighted by molar-refractivity contribution is -0.345. The third-order valence-electron chi connectivity index (χ3n) is 9.99. The van der Waals surface area contributed by atoms with Crippen LogP contribution in [-0.2, 0) is 12.8 Å². The van der Waals surface area contributed by atoms with Crippen LogP contribution in [0.25, 0.3) is 16.9 Å². The van der Waals surface area contributed by atoms with Gasteiger partial charge in [0.1, 0.15) is 0 Å². The van der Waals surface area contributed by atoms with Crippen LogP contribution in [0.3, 0.4) is 0 Å². The number of allylic oxidation sites excluding steroid dienone is 2. The normalized spacial score (nSPS) is 13.6. The minimum Gasteiger partial charge on any atom is -0.493 e. The van der Waals surface area contributed by atoms with E-state index in [9.17, 15) is 5.53 Å². The Morgan fingerprint density at radius 1 is 0.455 bits per heavy atom. The number of nitrogens with zero attached hydrogens (tertiary/aromatic N) is 2. The van der Waals surface area contributed by atoms with E-state index >= 15 is 0 Å². The van der Waals surface area contributed by atoms with Gasteiger partial charge in [0.2, 0.25) is 11.4 Å². The number of aryl methyl sites for hydroxylation is 4. The molecule has 1 heterocycles. The zero-order valence-electron chi connectivity index (χ0n) is 29.9. The van der Waals surface area contributed by atoms with E-state index in [0.717, 1.165) is 61.0 Å². The van der Waals surface area contributed by atoms with Crippen LogP contribution < -0.4 is 0 Å². The van der Waals surface area contributed by atoms with Crippen molar-refractivity contribution >= 4 is 11.4 Å². The third kappa shape index (κ3) is 9.27. The summed E-state index contributed by atoms with van der Waals surface area (Å²) in [5, 5.41) is 0. The van der Waals surface area contributed by atoms with Crippen LogP contribution >= 0.6 is 0 Å². The molecule has 0 N–H and O–H groups in total. The molecule has 0 bridgehead atoms. The number of benzene rings is 2. The second-order valence-electron chi connectivity index (χ2n) is 13.6. The van der Waals surface area contributed by atoms with Crippen molar-refractivity contribution in [1.82, 2.24) is 0 Å². The average molecular weight is 597 g/mol. The van der Waals surface area contributed by atoms with Crippen molar-refractivity contribution in [3.05, 3.63) is 85.5 Å². The van der Waals surface area contributed by atoms with Crippen LogP contribution in [0.15, 0.2) is 35.4 Å². The van der Waals surface area contributed by atoms with E-state index in [2.05, 4.69) is 79.7 Å². The molecule has 242 valence electrons. The second-order valence-corrected chi connectivity index (χ2v) is 13.6. The molecule has 2 aromatic carbocycles. The molecule has 0 radical (unpaired) electrons. The highest BCUT2D eigenvalue weighted by molar-refractivity contribution is 5.82. The maximum Gasteiger partial charge on any atom is 0.211 e. The van der Waals surface area contributed by atoms with Crippen molar-refractivity contribution in [3.8, 4) is 0 Å². The van der Waals surface area contributed by atoms with Crippen LogP contribution in [0, 0.1) is 27.7 Å². The molecule has 0 aliphatic carbocycles. The lowest BCUT2D eigenvalue weighted by Gasteiger charge is -2.16. The molecule has 0 aromatic heterocycles. The maximum absolute atomic E-state index is 12.0. The van der Waals surface area contributed by atoms with E-state index in [1.807, 2.05) is 0 Å². The third-order valence-corrected chi connectivity index (χ3v) is 9.99. The SMILES string of the molecule is CCCCCCCCc1c(C)cc(C2=C(CC)C(CCCC)=C(c3cc(C)c(CCCCCCCC)c(C)c3)[N+]2=[N-])cc1C. The standard InChI is InChI=1S/C42H64N2/c1-9-13-16-18-20-22-25-38-31(5)27-35(28-32(38)6)41-37(12-4)40(24-15-11-3)42(44(41)43)36-29-33(7)39(34(8)30-36)26-23-21-19-17-14-10-2/h27-30H,9-26H2,1-8H3. The van der Waals surface area contributed by atoms with Gasteiger partial charge in [-0.1, -0.05) is 98.3 Å². The molecular weight excluding hydrogens is 532 g/mol. The molecule has 2 aromatic rings. The Kier molecular flexibility index (Phi) is 15.1. The summed E-state index contributed by atoms with van der Waals surface area (Å²) in [6, 6.07) is 9.38. The molecule has 0 fully saturated rings. The first-order valence-corrected chi connectivity index (χ1v) is 18.4. The molecule has 0 unspecified atom stereocenters. The van der Waals surface area contributed by atoms with Gasteiger partial charge in [-0.15, -0.1) is 0 Å². The predicted molar refractivity (Wildman–Crippen MR) is 193 cm³/mol. The summed E-state index contributed by atoms with van der Waals surface area (Å²) in [5.41, 5.74) is 27.4. The molecule has 2 heteroatoms. The maximum atomic E-state index is 12.0.